The van der Waals surface area contributed by atoms with E-state index < -0.39 is 29.8 Å². The number of likely N-dealkylation sites (tertiary alicyclic amines) is 1. The molecule has 1 aromatic heterocycles. The van der Waals surface area contributed by atoms with Crippen LogP contribution in [0.1, 0.15) is 43.9 Å². The second kappa shape index (κ2) is 10.9. The Labute approximate surface area is 231 Å². The molecule has 0 spiro atoms. The fourth-order valence-electron chi connectivity index (χ4n) is 5.78. The van der Waals surface area contributed by atoms with Crippen LogP contribution in [0.25, 0.3) is 0 Å². The molecule has 5 rings (SSSR count). The first-order valence-electron chi connectivity index (χ1n) is 12.6. The van der Waals surface area contributed by atoms with Gasteiger partial charge < -0.3 is 20.3 Å². The highest BCUT2D eigenvalue weighted by Crippen LogP contribution is 2.53. The van der Waals surface area contributed by atoms with Crippen molar-refractivity contribution in [1.82, 2.24) is 9.80 Å². The van der Waals surface area contributed by atoms with Crippen LogP contribution in [0.3, 0.4) is 0 Å². The number of thiophene rings is 1. The Morgan fingerprint density at radius 3 is 2.26 bits per heavy atom. The number of nitrogens with two attached hydrogens (primary N) is 1. The highest BCUT2D eigenvalue weighted by molar-refractivity contribution is 7.10. The van der Waals surface area contributed by atoms with Crippen molar-refractivity contribution in [2.45, 2.75) is 31.8 Å². The highest BCUT2D eigenvalue weighted by atomic mass is 35.5. The van der Waals surface area contributed by atoms with Gasteiger partial charge in [-0.2, -0.15) is 0 Å². The molecule has 0 bridgehead atoms. The molecule has 2 aromatic carbocycles. The maximum Gasteiger partial charge on any atom is 0.321 e. The number of morpholine rings is 1. The number of hydrogen-bond donors (Lipinski definition) is 1. The number of rotatable bonds is 5. The normalized spacial score (nSPS) is 23.4. The van der Waals surface area contributed by atoms with E-state index in [1.165, 1.54) is 11.3 Å². The van der Waals surface area contributed by atoms with Crippen molar-refractivity contribution in [1.29, 1.82) is 0 Å². The Hall–Kier alpha value is -3.20. The van der Waals surface area contributed by atoms with Crippen molar-refractivity contribution in [2.24, 2.45) is 11.7 Å². The predicted molar refractivity (Wildman–Crippen MR) is 148 cm³/mol. The van der Waals surface area contributed by atoms with Crippen LogP contribution in [0.4, 0.5) is 4.79 Å². The largest absolute Gasteiger partial charge is 0.378 e. The SMILES string of the molecule is Cc1ccccc1C(=O)C1C(c2sccc2C)C(C(N)=O)N(C(=O)N2CCOCC2)C1c1ccc(Cl)cc1. The molecular formula is C29H30ClN3O4S. The van der Waals surface area contributed by atoms with Crippen LogP contribution in [0.15, 0.2) is 60.0 Å². The van der Waals surface area contributed by atoms with Crippen molar-refractivity contribution in [3.8, 4) is 0 Å². The molecule has 198 valence electrons. The van der Waals surface area contributed by atoms with Gasteiger partial charge in [0.2, 0.25) is 5.91 Å². The lowest BCUT2D eigenvalue weighted by atomic mass is 9.77. The molecule has 2 aliphatic heterocycles. The van der Waals surface area contributed by atoms with E-state index in [1.54, 1.807) is 28.0 Å². The van der Waals surface area contributed by atoms with E-state index in [2.05, 4.69) is 0 Å². The van der Waals surface area contributed by atoms with Gasteiger partial charge in [0.05, 0.1) is 25.2 Å². The molecule has 3 amide bonds. The Morgan fingerprint density at radius 2 is 1.66 bits per heavy atom. The third kappa shape index (κ3) is 4.72. The molecule has 7 nitrogen and oxygen atoms in total. The molecule has 4 unspecified atom stereocenters. The van der Waals surface area contributed by atoms with Gasteiger partial charge in [0.25, 0.3) is 0 Å². The molecule has 4 atom stereocenters. The summed E-state index contributed by atoms with van der Waals surface area (Å²) in [7, 11) is 0. The average molecular weight is 552 g/mol. The summed E-state index contributed by atoms with van der Waals surface area (Å²) in [6, 6.07) is 14.5. The van der Waals surface area contributed by atoms with E-state index in [-0.39, 0.29) is 11.8 Å². The average Bonchev–Trinajstić information content (AvgIpc) is 3.50. The molecule has 3 heterocycles. The number of benzene rings is 2. The molecule has 2 aliphatic rings. The summed E-state index contributed by atoms with van der Waals surface area (Å²) in [6.45, 7) is 5.47. The summed E-state index contributed by atoms with van der Waals surface area (Å²) in [5.74, 6) is -2.10. The smallest absolute Gasteiger partial charge is 0.321 e. The number of Topliss-reactive ketones (excluding diaryl/α,β-unsaturated/α-hetero) is 1. The van der Waals surface area contributed by atoms with Crippen LogP contribution in [-0.2, 0) is 9.53 Å². The number of amides is 3. The van der Waals surface area contributed by atoms with Crippen LogP contribution in [0.2, 0.25) is 5.02 Å². The summed E-state index contributed by atoms with van der Waals surface area (Å²) in [5.41, 5.74) is 9.19. The summed E-state index contributed by atoms with van der Waals surface area (Å²) in [5, 5.41) is 2.48. The molecule has 0 radical (unpaired) electrons. The molecule has 2 saturated heterocycles. The van der Waals surface area contributed by atoms with Crippen LogP contribution in [0, 0.1) is 19.8 Å². The number of ketones is 1. The Kier molecular flexibility index (Phi) is 7.56. The lowest BCUT2D eigenvalue weighted by molar-refractivity contribution is -0.122. The summed E-state index contributed by atoms with van der Waals surface area (Å²) >= 11 is 7.71. The van der Waals surface area contributed by atoms with Gasteiger partial charge in [0.15, 0.2) is 5.78 Å². The minimum Gasteiger partial charge on any atom is -0.378 e. The van der Waals surface area contributed by atoms with Gasteiger partial charge >= 0.3 is 6.03 Å². The molecule has 9 heteroatoms. The van der Waals surface area contributed by atoms with E-state index in [9.17, 15) is 14.4 Å². The number of carbonyl (C=O) groups is 3. The number of hydrogen-bond acceptors (Lipinski definition) is 5. The van der Waals surface area contributed by atoms with Crippen LogP contribution >= 0.6 is 22.9 Å². The second-order valence-corrected chi connectivity index (χ2v) is 11.2. The Morgan fingerprint density at radius 1 is 0.974 bits per heavy atom. The zero-order valence-electron chi connectivity index (χ0n) is 21.3. The molecule has 38 heavy (non-hydrogen) atoms. The number of aryl methyl sites for hydroxylation is 2. The Balaban J connectivity index is 1.75. The first-order chi connectivity index (χ1) is 18.3. The van der Waals surface area contributed by atoms with Gasteiger partial charge in [-0.1, -0.05) is 48.0 Å². The summed E-state index contributed by atoms with van der Waals surface area (Å²) < 4.78 is 5.47. The van der Waals surface area contributed by atoms with E-state index in [1.807, 2.05) is 55.6 Å². The fourth-order valence-corrected chi connectivity index (χ4v) is 7.01. The van der Waals surface area contributed by atoms with Crippen LogP contribution in [0.5, 0.6) is 0 Å². The highest BCUT2D eigenvalue weighted by Gasteiger charge is 2.58. The predicted octanol–water partition coefficient (Wildman–Crippen LogP) is 4.96. The molecule has 3 aromatic rings. The number of primary amides is 1. The van der Waals surface area contributed by atoms with Crippen LogP contribution < -0.4 is 5.73 Å². The zero-order chi connectivity index (χ0) is 27.0. The second-order valence-electron chi connectivity index (χ2n) is 9.83. The third-order valence-corrected chi connectivity index (χ3v) is 8.96. The standard InChI is InChI=1S/C29H30ClN3O4S/c1-17-5-3-4-6-21(17)26(34)22-23(27-18(2)11-16-38-27)25(28(31)35)33(29(36)32-12-14-37-15-13-32)24(22)19-7-9-20(30)10-8-19/h3-11,16,22-25H,12-15H2,1-2H3,(H2,31,35). The van der Waals surface area contributed by atoms with Gasteiger partial charge in [-0.15, -0.1) is 11.3 Å². The molecule has 2 fully saturated rings. The summed E-state index contributed by atoms with van der Waals surface area (Å²) in [4.78, 5) is 46.1. The zero-order valence-corrected chi connectivity index (χ0v) is 22.9. The molecule has 2 N–H and O–H groups in total. The van der Waals surface area contributed by atoms with Crippen molar-refractivity contribution in [2.75, 3.05) is 26.3 Å². The van der Waals surface area contributed by atoms with E-state index in [0.29, 0.717) is 36.9 Å². The number of ether oxygens (including phenoxy) is 1. The number of urea groups is 1. The van der Waals surface area contributed by atoms with Crippen molar-refractivity contribution in [3.05, 3.63) is 92.1 Å². The monoisotopic (exact) mass is 551 g/mol. The van der Waals surface area contributed by atoms with Crippen molar-refractivity contribution < 1.29 is 19.1 Å². The van der Waals surface area contributed by atoms with Gasteiger partial charge in [0.1, 0.15) is 6.04 Å². The minimum atomic E-state index is -1.01. The molecular weight excluding hydrogens is 522 g/mol. The van der Waals surface area contributed by atoms with Gasteiger partial charge in [-0.3, -0.25) is 9.59 Å². The summed E-state index contributed by atoms with van der Waals surface area (Å²) in [6.07, 6.45) is 0. The topological polar surface area (TPSA) is 92.9 Å². The lowest BCUT2D eigenvalue weighted by Crippen LogP contribution is -2.54. The van der Waals surface area contributed by atoms with Crippen molar-refractivity contribution in [3.63, 3.8) is 0 Å². The van der Waals surface area contributed by atoms with E-state index in [4.69, 9.17) is 22.1 Å². The van der Waals surface area contributed by atoms with Gasteiger partial charge in [-0.05, 0) is 54.1 Å². The quantitative estimate of drug-likeness (QED) is 0.453. The van der Waals surface area contributed by atoms with Gasteiger partial charge in [0, 0.05) is 34.5 Å². The van der Waals surface area contributed by atoms with Crippen molar-refractivity contribution >= 4 is 40.7 Å². The Bertz CT molecular complexity index is 1350. The minimum absolute atomic E-state index is 0.121. The maximum absolute atomic E-state index is 14.5. The first-order valence-corrected chi connectivity index (χ1v) is 13.9. The molecule has 0 saturated carbocycles. The lowest BCUT2D eigenvalue weighted by Gasteiger charge is -2.37. The number of nitrogens with zero attached hydrogens (tertiary/aromatic N) is 2. The molecule has 0 aliphatic carbocycles. The first kappa shape index (κ1) is 26.4. The van der Waals surface area contributed by atoms with Gasteiger partial charge in [-0.25, -0.2) is 4.79 Å². The third-order valence-electron chi connectivity index (χ3n) is 7.59. The van der Waals surface area contributed by atoms with Crippen LogP contribution in [-0.4, -0.2) is 59.9 Å². The maximum atomic E-state index is 14.5. The van der Waals surface area contributed by atoms with E-state index in [0.717, 1.165) is 21.6 Å². The number of carbonyl (C=O) groups excluding carboxylic acids is 3. The number of halogens is 1. The fraction of sp³-hybridized carbons (Fsp3) is 0.345. The van der Waals surface area contributed by atoms with E-state index >= 15 is 0 Å².